The van der Waals surface area contributed by atoms with Crippen LogP contribution in [0.1, 0.15) is 16.1 Å². The fourth-order valence-electron chi connectivity index (χ4n) is 2.69. The molecule has 0 spiro atoms. The van der Waals surface area contributed by atoms with Crippen molar-refractivity contribution in [3.8, 4) is 0 Å². The first-order valence-electron chi connectivity index (χ1n) is 7.79. The van der Waals surface area contributed by atoms with Gasteiger partial charge >= 0.3 is 5.91 Å². The van der Waals surface area contributed by atoms with E-state index in [9.17, 15) is 14.9 Å². The lowest BCUT2D eigenvalue weighted by molar-refractivity contribution is -0.384. The third-order valence-electron chi connectivity index (χ3n) is 3.98. The lowest BCUT2D eigenvalue weighted by atomic mass is 10.2. The second-order valence-corrected chi connectivity index (χ2v) is 6.64. The van der Waals surface area contributed by atoms with Gasteiger partial charge in [0.05, 0.1) is 11.1 Å². The molecule has 0 unspecified atom stereocenters. The van der Waals surface area contributed by atoms with Crippen LogP contribution in [0.4, 0.5) is 5.69 Å². The van der Waals surface area contributed by atoms with Gasteiger partial charge in [-0.25, -0.2) is 5.43 Å². The molecule has 0 saturated carbocycles. The van der Waals surface area contributed by atoms with E-state index in [1.165, 1.54) is 30.5 Å². The molecule has 0 aliphatic carbocycles. The predicted molar refractivity (Wildman–Crippen MR) is 104 cm³/mol. The van der Waals surface area contributed by atoms with Crippen LogP contribution in [0, 0.1) is 10.1 Å². The minimum atomic E-state index is -0.550. The first kappa shape index (κ1) is 17.0. The Kier molecular flexibility index (Phi) is 4.21. The number of halogens is 1. The van der Waals surface area contributed by atoms with Crippen LogP contribution in [0.2, 0.25) is 0 Å². The molecule has 134 valence electrons. The average molecular weight is 427 g/mol. The number of nitro benzene ring substituents is 1. The highest BCUT2D eigenvalue weighted by atomic mass is 79.9. The minimum Gasteiger partial charge on any atom is -0.451 e. The largest absolute Gasteiger partial charge is 0.451 e. The number of furan rings is 1. The zero-order valence-electron chi connectivity index (χ0n) is 13.6. The molecule has 4 rings (SSSR count). The number of fused-ring (bicyclic) bond motifs is 2. The smallest absolute Gasteiger partial charge is 0.307 e. The van der Waals surface area contributed by atoms with Crippen molar-refractivity contribution >= 4 is 55.6 Å². The number of carbonyl (C=O) groups is 1. The fourth-order valence-corrected chi connectivity index (χ4v) is 3.05. The molecular formula is C18H11BrN4O4. The van der Waals surface area contributed by atoms with Gasteiger partial charge in [-0.15, -0.1) is 0 Å². The van der Waals surface area contributed by atoms with Gasteiger partial charge in [0, 0.05) is 44.7 Å². The molecule has 27 heavy (non-hydrogen) atoms. The number of benzene rings is 2. The molecule has 8 nitrogen and oxygen atoms in total. The Morgan fingerprint density at radius 2 is 2.11 bits per heavy atom. The van der Waals surface area contributed by atoms with Crippen molar-refractivity contribution in [3.63, 3.8) is 0 Å². The summed E-state index contributed by atoms with van der Waals surface area (Å²) in [5.74, 6) is -0.532. The standard InChI is InChI=1S/C18H11BrN4O4/c19-12-1-3-15-14(7-12)11(8-20-15)9-21-22-18(24)17-6-10-5-13(23(25)26)2-4-16(10)27-17/h1-9,20H,(H,22,24)/b21-9-. The molecule has 1 amide bonds. The lowest BCUT2D eigenvalue weighted by Crippen LogP contribution is -2.16. The molecule has 0 fully saturated rings. The second kappa shape index (κ2) is 6.69. The summed E-state index contributed by atoms with van der Waals surface area (Å²) in [6, 6.07) is 11.4. The number of nitro groups is 1. The molecule has 0 atom stereocenters. The number of aromatic nitrogens is 1. The van der Waals surface area contributed by atoms with Gasteiger partial charge in [-0.05, 0) is 30.3 Å². The van der Waals surface area contributed by atoms with Gasteiger partial charge in [-0.2, -0.15) is 5.10 Å². The summed E-state index contributed by atoms with van der Waals surface area (Å²) in [6.45, 7) is 0. The van der Waals surface area contributed by atoms with E-state index in [0.29, 0.717) is 11.0 Å². The maximum Gasteiger partial charge on any atom is 0.307 e. The van der Waals surface area contributed by atoms with E-state index in [2.05, 4.69) is 31.4 Å². The van der Waals surface area contributed by atoms with Gasteiger partial charge in [0.25, 0.3) is 5.69 Å². The number of carbonyl (C=O) groups excluding carboxylic acids is 1. The van der Waals surface area contributed by atoms with Gasteiger partial charge in [0.1, 0.15) is 5.58 Å². The monoisotopic (exact) mass is 426 g/mol. The van der Waals surface area contributed by atoms with Crippen LogP contribution < -0.4 is 5.43 Å². The highest BCUT2D eigenvalue weighted by Crippen LogP contribution is 2.24. The molecular weight excluding hydrogens is 416 g/mol. The summed E-state index contributed by atoms with van der Waals surface area (Å²) in [5, 5.41) is 16.2. The number of nitrogens with zero attached hydrogens (tertiary/aromatic N) is 2. The molecule has 0 aliphatic rings. The molecule has 0 radical (unpaired) electrons. The van der Waals surface area contributed by atoms with Gasteiger partial charge in [0.2, 0.25) is 0 Å². The van der Waals surface area contributed by atoms with Crippen molar-refractivity contribution < 1.29 is 14.1 Å². The predicted octanol–water partition coefficient (Wildman–Crippen LogP) is 4.35. The minimum absolute atomic E-state index is 0.0179. The number of aromatic amines is 1. The summed E-state index contributed by atoms with van der Waals surface area (Å²) in [7, 11) is 0. The van der Waals surface area contributed by atoms with Crippen LogP contribution in [0.5, 0.6) is 0 Å². The van der Waals surface area contributed by atoms with Gasteiger partial charge in [0.15, 0.2) is 5.76 Å². The van der Waals surface area contributed by atoms with Crippen molar-refractivity contribution in [2.75, 3.05) is 0 Å². The third-order valence-corrected chi connectivity index (χ3v) is 4.47. The Morgan fingerprint density at radius 3 is 2.93 bits per heavy atom. The normalized spacial score (nSPS) is 11.4. The summed E-state index contributed by atoms with van der Waals surface area (Å²) >= 11 is 3.42. The number of hydrogen-bond acceptors (Lipinski definition) is 5. The highest BCUT2D eigenvalue weighted by molar-refractivity contribution is 9.10. The first-order chi connectivity index (χ1) is 13.0. The maximum absolute atomic E-state index is 12.2. The van der Waals surface area contributed by atoms with E-state index in [4.69, 9.17) is 4.42 Å². The van der Waals surface area contributed by atoms with Gasteiger partial charge < -0.3 is 9.40 Å². The first-order valence-corrected chi connectivity index (χ1v) is 8.58. The fraction of sp³-hybridized carbons (Fsp3) is 0. The Labute approximate surface area is 160 Å². The molecule has 2 aromatic heterocycles. The Bertz CT molecular complexity index is 1220. The number of H-pyrrole nitrogens is 1. The van der Waals surface area contributed by atoms with Crippen LogP contribution in [-0.4, -0.2) is 22.0 Å². The molecule has 2 heterocycles. The van der Waals surface area contributed by atoms with Crippen molar-refractivity contribution in [3.05, 3.63) is 74.6 Å². The molecule has 9 heteroatoms. The molecule has 0 bridgehead atoms. The quantitative estimate of drug-likeness (QED) is 0.286. The van der Waals surface area contributed by atoms with E-state index in [1.54, 1.807) is 6.20 Å². The number of nitrogens with one attached hydrogen (secondary N) is 2. The molecule has 4 aromatic rings. The Morgan fingerprint density at radius 1 is 1.26 bits per heavy atom. The zero-order valence-corrected chi connectivity index (χ0v) is 15.2. The molecule has 2 N–H and O–H groups in total. The maximum atomic E-state index is 12.2. The number of non-ortho nitro benzene ring substituents is 1. The summed E-state index contributed by atoms with van der Waals surface area (Å²) in [6.07, 6.45) is 3.31. The highest BCUT2D eigenvalue weighted by Gasteiger charge is 2.14. The Hall–Kier alpha value is -3.46. The third kappa shape index (κ3) is 3.32. The SMILES string of the molecule is O=C(N/N=C\c1c[nH]c2ccc(Br)cc12)c1cc2cc([N+](=O)[O-])ccc2o1. The Balaban J connectivity index is 1.53. The van der Waals surface area contributed by atoms with E-state index >= 15 is 0 Å². The number of hydrogen-bond donors (Lipinski definition) is 2. The molecule has 0 aliphatic heterocycles. The van der Waals surface area contributed by atoms with Gasteiger partial charge in [-0.3, -0.25) is 14.9 Å². The summed E-state index contributed by atoms with van der Waals surface area (Å²) in [5.41, 5.74) is 4.47. The molecule has 0 saturated heterocycles. The summed E-state index contributed by atoms with van der Waals surface area (Å²) < 4.78 is 6.35. The molecule has 2 aromatic carbocycles. The second-order valence-electron chi connectivity index (χ2n) is 5.72. The van der Waals surface area contributed by atoms with Crippen LogP contribution >= 0.6 is 15.9 Å². The van der Waals surface area contributed by atoms with E-state index in [1.807, 2.05) is 18.2 Å². The average Bonchev–Trinajstić information content (AvgIpc) is 3.25. The zero-order chi connectivity index (χ0) is 19.0. The number of amides is 1. The number of rotatable bonds is 4. The number of hydrazone groups is 1. The van der Waals surface area contributed by atoms with E-state index < -0.39 is 10.8 Å². The van der Waals surface area contributed by atoms with Crippen LogP contribution in [0.25, 0.3) is 21.9 Å². The van der Waals surface area contributed by atoms with Crippen molar-refractivity contribution in [1.29, 1.82) is 0 Å². The lowest BCUT2D eigenvalue weighted by Gasteiger charge is -1.95. The van der Waals surface area contributed by atoms with Crippen molar-refractivity contribution in [2.24, 2.45) is 5.10 Å². The topological polar surface area (TPSA) is 114 Å². The van der Waals surface area contributed by atoms with Crippen LogP contribution in [0.3, 0.4) is 0 Å². The van der Waals surface area contributed by atoms with Crippen molar-refractivity contribution in [2.45, 2.75) is 0 Å². The van der Waals surface area contributed by atoms with Crippen LogP contribution in [0.15, 0.2) is 62.7 Å². The van der Waals surface area contributed by atoms with E-state index in [0.717, 1.165) is 20.9 Å². The summed E-state index contributed by atoms with van der Waals surface area (Å²) in [4.78, 5) is 25.7. The van der Waals surface area contributed by atoms with E-state index in [-0.39, 0.29) is 11.4 Å². The van der Waals surface area contributed by atoms with Gasteiger partial charge in [-0.1, -0.05) is 15.9 Å². The van der Waals surface area contributed by atoms with Crippen molar-refractivity contribution in [1.82, 2.24) is 10.4 Å². The van der Waals surface area contributed by atoms with Crippen LogP contribution in [-0.2, 0) is 0 Å².